The van der Waals surface area contributed by atoms with Crippen molar-refractivity contribution in [2.45, 2.75) is 117 Å². The summed E-state index contributed by atoms with van der Waals surface area (Å²) in [6, 6.07) is 0. The summed E-state index contributed by atoms with van der Waals surface area (Å²) in [5, 5.41) is 34.3. The summed E-state index contributed by atoms with van der Waals surface area (Å²) in [5.41, 5.74) is -0.716. The normalized spacial score (nSPS) is 62.5. The molecule has 3 N–H and O–H groups in total. The molecular formula is C31H50O6. The van der Waals surface area contributed by atoms with E-state index in [1.54, 1.807) is 0 Å². The molecule has 6 heteroatoms. The van der Waals surface area contributed by atoms with Crippen molar-refractivity contribution in [3.8, 4) is 0 Å². The molecule has 2 bridgehead atoms. The molecule has 1 aliphatic heterocycles. The molecule has 0 aromatic heterocycles. The zero-order chi connectivity index (χ0) is 27.0. The van der Waals surface area contributed by atoms with Gasteiger partial charge < -0.3 is 24.8 Å². The molecule has 210 valence electrons. The van der Waals surface area contributed by atoms with Crippen LogP contribution in [0.3, 0.4) is 0 Å². The number of carbonyl (C=O) groups excluding carboxylic acids is 1. The summed E-state index contributed by atoms with van der Waals surface area (Å²) in [6.45, 7) is 14.3. The Bertz CT molecular complexity index is 1000. The first-order chi connectivity index (χ1) is 17.1. The number of hydrogen-bond acceptors (Lipinski definition) is 6. The molecule has 6 rings (SSSR count). The third-order valence-electron chi connectivity index (χ3n) is 14.9. The number of ether oxygens (including phenoxy) is 2. The Morgan fingerprint density at radius 1 is 0.838 bits per heavy atom. The van der Waals surface area contributed by atoms with Crippen LogP contribution in [0.15, 0.2) is 0 Å². The van der Waals surface area contributed by atoms with Crippen LogP contribution in [-0.4, -0.2) is 53.0 Å². The molecule has 5 aliphatic carbocycles. The quantitative estimate of drug-likeness (QED) is 0.436. The molecule has 37 heavy (non-hydrogen) atoms. The highest BCUT2D eigenvalue weighted by Crippen LogP contribution is 2.79. The van der Waals surface area contributed by atoms with Crippen molar-refractivity contribution in [3.63, 3.8) is 0 Å². The number of fused-ring (bicyclic) bond motifs is 7. The first-order valence-corrected chi connectivity index (χ1v) is 14.9. The van der Waals surface area contributed by atoms with Gasteiger partial charge in [-0.2, -0.15) is 0 Å². The molecule has 1 saturated heterocycles. The van der Waals surface area contributed by atoms with Crippen LogP contribution >= 0.6 is 0 Å². The summed E-state index contributed by atoms with van der Waals surface area (Å²) in [7, 11) is 1.52. The number of methoxy groups -OCH3 is 1. The molecule has 13 atom stereocenters. The van der Waals surface area contributed by atoms with E-state index in [4.69, 9.17) is 9.47 Å². The maximum absolute atomic E-state index is 12.9. The fourth-order valence-corrected chi connectivity index (χ4v) is 12.1. The second-order valence-electron chi connectivity index (χ2n) is 15.8. The molecule has 5 saturated carbocycles. The molecule has 1 heterocycles. The van der Waals surface area contributed by atoms with Gasteiger partial charge >= 0.3 is 5.97 Å². The van der Waals surface area contributed by atoms with Crippen molar-refractivity contribution < 1.29 is 29.6 Å². The number of aliphatic hydroxyl groups excluding tert-OH is 2. The van der Waals surface area contributed by atoms with E-state index in [0.29, 0.717) is 24.9 Å². The van der Waals surface area contributed by atoms with Gasteiger partial charge in [0.15, 0.2) is 5.79 Å². The molecule has 6 fully saturated rings. The summed E-state index contributed by atoms with van der Waals surface area (Å²) < 4.78 is 11.2. The van der Waals surface area contributed by atoms with Gasteiger partial charge in [-0.15, -0.1) is 0 Å². The maximum atomic E-state index is 12.9. The van der Waals surface area contributed by atoms with E-state index < -0.39 is 28.8 Å². The monoisotopic (exact) mass is 518 g/mol. The van der Waals surface area contributed by atoms with Crippen LogP contribution in [0.25, 0.3) is 0 Å². The SMILES string of the molecule is COC(=O)[C@]1(C)CC[C@]2(C)CC[C@]3(C)[C@H]4C[C@@H](O)[C@@]56CO[C@](O)([C@H](O)C[C@H]5[C@]4(C)CC[C@@]3(C)[C@@H]2C1)[C@@H]6C. The van der Waals surface area contributed by atoms with Crippen LogP contribution in [0.5, 0.6) is 0 Å². The molecule has 6 aliphatic rings. The molecule has 0 aromatic rings. The second-order valence-corrected chi connectivity index (χ2v) is 15.8. The highest BCUT2D eigenvalue weighted by atomic mass is 16.6. The van der Waals surface area contributed by atoms with Crippen LogP contribution < -0.4 is 0 Å². The molecule has 0 amide bonds. The Labute approximate surface area is 222 Å². The topological polar surface area (TPSA) is 96.2 Å². The fraction of sp³-hybridized carbons (Fsp3) is 0.968. The van der Waals surface area contributed by atoms with Crippen molar-refractivity contribution in [2.75, 3.05) is 13.7 Å². The van der Waals surface area contributed by atoms with Gasteiger partial charge in [0.05, 0.1) is 25.2 Å². The van der Waals surface area contributed by atoms with Gasteiger partial charge in [-0.25, -0.2) is 0 Å². The molecule has 0 unspecified atom stereocenters. The van der Waals surface area contributed by atoms with E-state index in [1.807, 2.05) is 6.92 Å². The third-order valence-corrected chi connectivity index (χ3v) is 14.9. The average molecular weight is 519 g/mol. The van der Waals surface area contributed by atoms with Crippen LogP contribution in [0, 0.1) is 56.2 Å². The molecule has 0 radical (unpaired) electrons. The zero-order valence-corrected chi connectivity index (χ0v) is 24.1. The van der Waals surface area contributed by atoms with E-state index in [0.717, 1.165) is 51.4 Å². The largest absolute Gasteiger partial charge is 0.469 e. The molecule has 6 nitrogen and oxygen atoms in total. The van der Waals surface area contributed by atoms with E-state index in [2.05, 4.69) is 34.6 Å². The second kappa shape index (κ2) is 7.53. The fourth-order valence-electron chi connectivity index (χ4n) is 12.1. The van der Waals surface area contributed by atoms with Gasteiger partial charge in [0.25, 0.3) is 0 Å². The molecule has 0 aromatic carbocycles. The highest BCUT2D eigenvalue weighted by Gasteiger charge is 2.77. The number of aliphatic hydroxyl groups is 3. The third kappa shape index (κ3) is 2.85. The molecular weight excluding hydrogens is 468 g/mol. The number of hydrogen-bond donors (Lipinski definition) is 3. The van der Waals surface area contributed by atoms with Gasteiger partial charge in [0.1, 0.15) is 6.10 Å². The Balaban J connectivity index is 1.41. The van der Waals surface area contributed by atoms with Crippen molar-refractivity contribution in [3.05, 3.63) is 0 Å². The number of carbonyl (C=O) groups is 1. The van der Waals surface area contributed by atoms with Crippen LogP contribution in [0.4, 0.5) is 0 Å². The average Bonchev–Trinajstić information content (AvgIpc) is 3.05. The highest BCUT2D eigenvalue weighted by molar-refractivity contribution is 5.76. The van der Waals surface area contributed by atoms with E-state index >= 15 is 0 Å². The lowest BCUT2D eigenvalue weighted by Crippen LogP contribution is -2.72. The predicted molar refractivity (Wildman–Crippen MR) is 139 cm³/mol. The van der Waals surface area contributed by atoms with Gasteiger partial charge in [0, 0.05) is 11.3 Å². The van der Waals surface area contributed by atoms with Gasteiger partial charge in [-0.1, -0.05) is 34.6 Å². The van der Waals surface area contributed by atoms with Crippen LogP contribution in [0.2, 0.25) is 0 Å². The summed E-state index contributed by atoms with van der Waals surface area (Å²) >= 11 is 0. The van der Waals surface area contributed by atoms with Crippen LogP contribution in [0.1, 0.15) is 99.3 Å². The minimum absolute atomic E-state index is 0.0164. The Morgan fingerprint density at radius 2 is 1.43 bits per heavy atom. The van der Waals surface area contributed by atoms with Crippen molar-refractivity contribution in [2.24, 2.45) is 56.2 Å². The van der Waals surface area contributed by atoms with E-state index in [9.17, 15) is 20.1 Å². The summed E-state index contributed by atoms with van der Waals surface area (Å²) in [4.78, 5) is 12.9. The van der Waals surface area contributed by atoms with Gasteiger partial charge in [-0.05, 0) is 104 Å². The smallest absolute Gasteiger partial charge is 0.311 e. The first kappa shape index (κ1) is 26.5. The number of rotatable bonds is 1. The summed E-state index contributed by atoms with van der Waals surface area (Å²) in [6.07, 6.45) is 6.96. The molecule has 1 spiro atoms. The maximum Gasteiger partial charge on any atom is 0.311 e. The lowest BCUT2D eigenvalue weighted by molar-refractivity contribution is -0.305. The van der Waals surface area contributed by atoms with Gasteiger partial charge in [-0.3, -0.25) is 4.79 Å². The van der Waals surface area contributed by atoms with Gasteiger partial charge in [0.2, 0.25) is 0 Å². The zero-order valence-electron chi connectivity index (χ0n) is 24.1. The van der Waals surface area contributed by atoms with E-state index in [1.165, 1.54) is 7.11 Å². The summed E-state index contributed by atoms with van der Waals surface area (Å²) in [5.74, 6) is -1.10. The van der Waals surface area contributed by atoms with Crippen molar-refractivity contribution in [1.82, 2.24) is 0 Å². The first-order valence-electron chi connectivity index (χ1n) is 14.9. The standard InChI is InChI=1S/C31H50O6/c1-18-30-17-37-31(18,35)23(33)15-20(30)27(4)11-13-29(6)21-16-26(3,24(34)36-7)9-8-25(21,2)10-12-28(29,5)19(27)14-22(30)32/h18-23,32-33,35H,8-17H2,1-7H3/t18-,19+,20+,21-,22-,23-,25-,26-,27-,28-,29+,30-,31+/m1/s1. The minimum Gasteiger partial charge on any atom is -0.469 e. The van der Waals surface area contributed by atoms with Crippen molar-refractivity contribution in [1.29, 1.82) is 0 Å². The minimum atomic E-state index is -1.55. The Kier molecular flexibility index (Phi) is 5.40. The lowest BCUT2D eigenvalue weighted by Gasteiger charge is -2.75. The Hall–Kier alpha value is -0.690. The predicted octanol–water partition coefficient (Wildman–Crippen LogP) is 4.68. The Morgan fingerprint density at radius 3 is 2.11 bits per heavy atom. The van der Waals surface area contributed by atoms with Crippen molar-refractivity contribution >= 4 is 5.97 Å². The van der Waals surface area contributed by atoms with Crippen LogP contribution in [-0.2, 0) is 14.3 Å². The van der Waals surface area contributed by atoms with E-state index in [-0.39, 0.29) is 39.5 Å². The lowest BCUT2D eigenvalue weighted by atomic mass is 9.29. The number of esters is 1.